The molecule has 1 fully saturated rings. The van der Waals surface area contributed by atoms with Crippen LogP contribution in [0, 0.1) is 5.82 Å². The van der Waals surface area contributed by atoms with Gasteiger partial charge < -0.3 is 24.2 Å². The van der Waals surface area contributed by atoms with Crippen molar-refractivity contribution in [3.8, 4) is 11.5 Å². The van der Waals surface area contributed by atoms with E-state index in [-0.39, 0.29) is 17.3 Å². The summed E-state index contributed by atoms with van der Waals surface area (Å²) < 4.78 is 26.1. The average Bonchev–Trinajstić information content (AvgIpc) is 3.29. The zero-order chi connectivity index (χ0) is 24.1. The van der Waals surface area contributed by atoms with Crippen LogP contribution < -0.4 is 19.3 Å². The Kier molecular flexibility index (Phi) is 8.43. The Labute approximate surface area is 200 Å². The molecule has 0 radical (unpaired) electrons. The van der Waals surface area contributed by atoms with Gasteiger partial charge in [0.15, 0.2) is 0 Å². The zero-order valence-electron chi connectivity index (χ0n) is 20.0. The van der Waals surface area contributed by atoms with Crippen LogP contribution in [0.25, 0.3) is 0 Å². The van der Waals surface area contributed by atoms with Crippen LogP contribution in [0.5, 0.6) is 11.5 Å². The molecule has 0 saturated carbocycles. The van der Waals surface area contributed by atoms with Crippen LogP contribution in [0.15, 0.2) is 30.3 Å². The molecule has 0 spiro atoms. The summed E-state index contributed by atoms with van der Waals surface area (Å²) in [6.07, 6.45) is 2.89. The highest BCUT2D eigenvalue weighted by Gasteiger charge is 2.27. The molecule has 0 N–H and O–H groups in total. The highest BCUT2D eigenvalue weighted by atomic mass is 35.5. The zero-order valence-corrected chi connectivity index (χ0v) is 20.8. The van der Waals surface area contributed by atoms with Gasteiger partial charge in [-0.3, -0.25) is 4.79 Å². The Morgan fingerprint density at radius 2 is 1.97 bits per heavy atom. The van der Waals surface area contributed by atoms with Gasteiger partial charge in [0.05, 0.1) is 30.0 Å². The second-order valence-corrected chi connectivity index (χ2v) is 8.94. The van der Waals surface area contributed by atoms with Gasteiger partial charge in [-0.25, -0.2) is 4.39 Å². The summed E-state index contributed by atoms with van der Waals surface area (Å²) in [6, 6.07) is 8.46. The lowest BCUT2D eigenvalue weighted by Gasteiger charge is -2.24. The Morgan fingerprint density at radius 3 is 2.58 bits per heavy atom. The van der Waals surface area contributed by atoms with E-state index in [1.807, 2.05) is 19.0 Å². The lowest BCUT2D eigenvalue weighted by atomic mass is 10.1. The van der Waals surface area contributed by atoms with E-state index in [4.69, 9.17) is 21.1 Å². The summed E-state index contributed by atoms with van der Waals surface area (Å²) in [5, 5.41) is 0.328. The second kappa shape index (κ2) is 11.1. The van der Waals surface area contributed by atoms with Gasteiger partial charge in [-0.2, -0.15) is 0 Å². The first-order valence-corrected chi connectivity index (χ1v) is 11.6. The van der Waals surface area contributed by atoms with Gasteiger partial charge in [0, 0.05) is 37.9 Å². The van der Waals surface area contributed by atoms with E-state index in [0.29, 0.717) is 40.5 Å². The molecule has 1 unspecified atom stereocenters. The number of amides is 1. The number of methoxy groups -OCH3 is 1. The van der Waals surface area contributed by atoms with Crippen molar-refractivity contribution in [1.82, 2.24) is 4.90 Å². The SMILES string of the molecule is CCCCOc1cc(OC)c(C(=O)N(C)c2ccc(N3CCC(N(C)C)C3)c(F)c2)cc1Cl. The van der Waals surface area contributed by atoms with Crippen LogP contribution in [-0.2, 0) is 0 Å². The van der Waals surface area contributed by atoms with Crippen molar-refractivity contribution in [2.24, 2.45) is 0 Å². The number of benzene rings is 2. The molecule has 0 bridgehead atoms. The first kappa shape index (κ1) is 25.1. The largest absolute Gasteiger partial charge is 0.496 e. The molecule has 2 aromatic carbocycles. The van der Waals surface area contributed by atoms with Crippen molar-refractivity contribution in [2.45, 2.75) is 32.2 Å². The molecular weight excluding hydrogens is 445 g/mol. The first-order chi connectivity index (χ1) is 15.8. The molecule has 1 aliphatic rings. The van der Waals surface area contributed by atoms with E-state index in [0.717, 1.165) is 32.4 Å². The number of rotatable bonds is 9. The Balaban J connectivity index is 1.79. The van der Waals surface area contributed by atoms with Crippen molar-refractivity contribution in [3.05, 3.63) is 46.7 Å². The highest BCUT2D eigenvalue weighted by Crippen LogP contribution is 2.35. The van der Waals surface area contributed by atoms with Crippen LogP contribution in [0.1, 0.15) is 36.5 Å². The Morgan fingerprint density at radius 1 is 1.21 bits per heavy atom. The molecule has 0 aromatic heterocycles. The molecule has 1 saturated heterocycles. The number of carbonyl (C=O) groups is 1. The molecule has 33 heavy (non-hydrogen) atoms. The third-order valence-electron chi connectivity index (χ3n) is 6.10. The van der Waals surface area contributed by atoms with Crippen molar-refractivity contribution in [2.75, 3.05) is 57.7 Å². The quantitative estimate of drug-likeness (QED) is 0.471. The average molecular weight is 478 g/mol. The Bertz CT molecular complexity index is 986. The Hall–Kier alpha value is -2.51. The second-order valence-electron chi connectivity index (χ2n) is 8.54. The van der Waals surface area contributed by atoms with Gasteiger partial charge in [0.1, 0.15) is 17.3 Å². The van der Waals surface area contributed by atoms with Crippen LogP contribution >= 0.6 is 11.6 Å². The maximum absolute atomic E-state index is 15.0. The molecule has 1 heterocycles. The number of carbonyl (C=O) groups excluding carboxylic acids is 1. The van der Waals surface area contributed by atoms with E-state index in [1.165, 1.54) is 24.1 Å². The lowest BCUT2D eigenvalue weighted by molar-refractivity contribution is 0.0990. The lowest BCUT2D eigenvalue weighted by Crippen LogP contribution is -2.31. The molecule has 0 aliphatic carbocycles. The number of likely N-dealkylation sites (N-methyl/N-ethyl adjacent to an activating group) is 1. The predicted molar refractivity (Wildman–Crippen MR) is 132 cm³/mol. The molecule has 180 valence electrons. The first-order valence-electron chi connectivity index (χ1n) is 11.3. The van der Waals surface area contributed by atoms with Crippen LogP contribution in [-0.4, -0.2) is 64.8 Å². The van der Waals surface area contributed by atoms with Crippen LogP contribution in [0.2, 0.25) is 5.02 Å². The molecule has 8 heteroatoms. The standard InChI is InChI=1S/C25H33ClFN3O3/c1-6-7-12-33-24-15-23(32-5)19(14-20(24)26)25(31)29(4)17-8-9-22(21(27)13-17)30-11-10-18(16-30)28(2)3/h8-9,13-15,18H,6-7,10-12,16H2,1-5H3. The topological polar surface area (TPSA) is 45.3 Å². The number of halogens is 2. The summed E-state index contributed by atoms with van der Waals surface area (Å²) in [4.78, 5) is 18.8. The minimum Gasteiger partial charge on any atom is -0.496 e. The van der Waals surface area contributed by atoms with Crippen LogP contribution in [0.4, 0.5) is 15.8 Å². The number of unbranched alkanes of at least 4 members (excludes halogenated alkanes) is 1. The van der Waals surface area contributed by atoms with Gasteiger partial charge in [0.25, 0.3) is 5.91 Å². The van der Waals surface area contributed by atoms with Gasteiger partial charge in [-0.05, 0) is 51.2 Å². The summed E-state index contributed by atoms with van der Waals surface area (Å²) in [5.41, 5.74) is 1.29. The van der Waals surface area contributed by atoms with Gasteiger partial charge in [-0.1, -0.05) is 24.9 Å². The fourth-order valence-electron chi connectivity index (χ4n) is 3.95. The van der Waals surface area contributed by atoms with Crippen molar-refractivity contribution in [1.29, 1.82) is 0 Å². The van der Waals surface area contributed by atoms with E-state index in [1.54, 1.807) is 25.2 Å². The minimum absolute atomic E-state index is 0.283. The van der Waals surface area contributed by atoms with Gasteiger partial charge >= 0.3 is 0 Å². The predicted octanol–water partition coefficient (Wildman–Crippen LogP) is 5.08. The summed E-state index contributed by atoms with van der Waals surface area (Å²) >= 11 is 6.36. The van der Waals surface area contributed by atoms with Gasteiger partial charge in [-0.15, -0.1) is 0 Å². The smallest absolute Gasteiger partial charge is 0.261 e. The molecule has 2 aromatic rings. The number of hydrogen-bond acceptors (Lipinski definition) is 5. The van der Waals surface area contributed by atoms with Crippen molar-refractivity contribution < 1.29 is 18.7 Å². The molecule has 6 nitrogen and oxygen atoms in total. The minimum atomic E-state index is -0.352. The van der Waals surface area contributed by atoms with Crippen molar-refractivity contribution in [3.63, 3.8) is 0 Å². The maximum atomic E-state index is 15.0. The molecular formula is C25H33ClFN3O3. The highest BCUT2D eigenvalue weighted by molar-refractivity contribution is 6.32. The molecule has 1 aliphatic heterocycles. The third-order valence-corrected chi connectivity index (χ3v) is 6.39. The number of nitrogens with zero attached hydrogens (tertiary/aromatic N) is 3. The van der Waals surface area contributed by atoms with Crippen LogP contribution in [0.3, 0.4) is 0 Å². The summed E-state index contributed by atoms with van der Waals surface area (Å²) in [6.45, 7) is 4.19. The fourth-order valence-corrected chi connectivity index (χ4v) is 4.17. The van der Waals surface area contributed by atoms with Gasteiger partial charge in [0.2, 0.25) is 0 Å². The number of hydrogen-bond donors (Lipinski definition) is 0. The molecule has 3 rings (SSSR count). The molecule has 1 amide bonds. The van der Waals surface area contributed by atoms with E-state index in [2.05, 4.69) is 11.8 Å². The fraction of sp³-hybridized carbons (Fsp3) is 0.480. The van der Waals surface area contributed by atoms with E-state index in [9.17, 15) is 4.79 Å². The summed E-state index contributed by atoms with van der Waals surface area (Å²) in [5.74, 6) is 0.121. The van der Waals surface area contributed by atoms with E-state index >= 15 is 4.39 Å². The van der Waals surface area contributed by atoms with E-state index < -0.39 is 0 Å². The number of anilines is 2. The van der Waals surface area contributed by atoms with Crippen molar-refractivity contribution >= 4 is 28.9 Å². The normalized spacial score (nSPS) is 15.8. The summed E-state index contributed by atoms with van der Waals surface area (Å²) in [7, 11) is 7.17. The third kappa shape index (κ3) is 5.71. The number of ether oxygens (including phenoxy) is 2. The molecule has 1 atom stereocenters. The monoisotopic (exact) mass is 477 g/mol. The maximum Gasteiger partial charge on any atom is 0.261 e.